The Labute approximate surface area is 86.6 Å². The van der Waals surface area contributed by atoms with Gasteiger partial charge in [-0.3, -0.25) is 0 Å². The summed E-state index contributed by atoms with van der Waals surface area (Å²) in [6.45, 7) is 0. The molecule has 0 saturated heterocycles. The molecule has 2 aromatic rings. The van der Waals surface area contributed by atoms with Crippen molar-refractivity contribution < 1.29 is 1.37 Å². The summed E-state index contributed by atoms with van der Waals surface area (Å²) >= 11 is 0. The van der Waals surface area contributed by atoms with Gasteiger partial charge in [-0.15, -0.1) is 0 Å². The van der Waals surface area contributed by atoms with Crippen LogP contribution in [0.2, 0.25) is 0 Å². The predicted octanol–water partition coefficient (Wildman–Crippen LogP) is 3.57. The van der Waals surface area contributed by atoms with Gasteiger partial charge in [0.25, 0.3) is 0 Å². The van der Waals surface area contributed by atoms with E-state index in [0.29, 0.717) is 0 Å². The summed E-state index contributed by atoms with van der Waals surface area (Å²) in [5.74, 6) is 0. The molecule has 2 N–H and O–H groups in total. The average Bonchev–Trinajstić information content (AvgIpc) is 2.34. The number of hydrogen-bond acceptors (Lipinski definition) is 1. The van der Waals surface area contributed by atoms with Crippen molar-refractivity contribution in [3.63, 3.8) is 0 Å². The molecule has 0 atom stereocenters. The molecule has 14 heavy (non-hydrogen) atoms. The third kappa shape index (κ3) is 2.13. The third-order valence-corrected chi connectivity index (χ3v) is 2.02. The van der Waals surface area contributed by atoms with Gasteiger partial charge in [0.2, 0.25) is 0 Å². The van der Waals surface area contributed by atoms with E-state index < -0.39 is 0 Å². The first-order valence-electron chi connectivity index (χ1n) is 5.27. The molecule has 0 aromatic heterocycles. The molecular weight excluding hydrogens is 170 g/mol. The van der Waals surface area contributed by atoms with Crippen molar-refractivity contribution >= 4 is 5.69 Å². The lowest BCUT2D eigenvalue weighted by atomic mass is 10.1. The first-order valence-corrected chi connectivity index (χ1v) is 4.27. The summed E-state index contributed by atoms with van der Waals surface area (Å²) in [4.78, 5) is 0. The minimum atomic E-state index is 0.805. The van der Waals surface area contributed by atoms with Crippen molar-refractivity contribution in [2.45, 2.75) is 7.40 Å². The quantitative estimate of drug-likeness (QED) is 0.678. The molecule has 0 aliphatic rings. The molecule has 0 aliphatic heterocycles. The summed E-state index contributed by atoms with van der Waals surface area (Å²) in [5, 5.41) is 0. The molecule has 2 rings (SSSR count). The smallest absolute Gasteiger partial charge is 0.0314 e. The third-order valence-electron chi connectivity index (χ3n) is 2.02. The van der Waals surface area contributed by atoms with Gasteiger partial charge >= 0.3 is 0 Å². The van der Waals surface area contributed by atoms with Crippen LogP contribution in [0.5, 0.6) is 0 Å². The monoisotopic (exact) mass is 187 g/mol. The Bertz CT molecular complexity index is 381. The van der Waals surface area contributed by atoms with Crippen molar-refractivity contribution in [2.24, 2.45) is 0 Å². The highest BCUT2D eigenvalue weighted by molar-refractivity contribution is 5.65. The molecule has 1 nitrogen and oxygen atoms in total. The number of benzene rings is 2. The zero-order valence-electron chi connectivity index (χ0n) is 9.27. The van der Waals surface area contributed by atoms with Crippen LogP contribution in [0.25, 0.3) is 11.1 Å². The lowest BCUT2D eigenvalue weighted by Crippen LogP contribution is -1.83. The standard InChI is InChI=1S/C12H11N.CH4/c13-12-8-6-11(7-9-12)10-4-2-1-3-5-10;/h1-9H,13H2;1H4/i;1T. The molecule has 0 unspecified atom stereocenters. The van der Waals surface area contributed by atoms with Crippen LogP contribution >= 0.6 is 0 Å². The van der Waals surface area contributed by atoms with E-state index in [1.807, 2.05) is 42.5 Å². The zero-order chi connectivity index (χ0) is 11.1. The van der Waals surface area contributed by atoms with Gasteiger partial charge in [-0.2, -0.15) is 0 Å². The fourth-order valence-corrected chi connectivity index (χ4v) is 1.31. The highest BCUT2D eigenvalue weighted by Crippen LogP contribution is 2.19. The van der Waals surface area contributed by atoms with Crippen LogP contribution in [0.3, 0.4) is 0 Å². The number of nitrogens with two attached hydrogens (primary N) is 1. The number of anilines is 1. The Kier molecular flexibility index (Phi) is 2.82. The lowest BCUT2D eigenvalue weighted by Gasteiger charge is -2.00. The van der Waals surface area contributed by atoms with E-state index in [4.69, 9.17) is 7.10 Å². The molecule has 0 fully saturated rings. The van der Waals surface area contributed by atoms with Crippen LogP contribution in [-0.4, -0.2) is 0 Å². The highest BCUT2D eigenvalue weighted by Gasteiger charge is 1.94. The molecular formula is C13H15N. The van der Waals surface area contributed by atoms with Crippen molar-refractivity contribution in [1.29, 1.82) is 0 Å². The normalized spacial score (nSPS) is 9.64. The molecule has 0 radical (unpaired) electrons. The van der Waals surface area contributed by atoms with Gasteiger partial charge in [-0.05, 0) is 23.3 Å². The van der Waals surface area contributed by atoms with E-state index in [0.717, 1.165) is 5.69 Å². The van der Waals surface area contributed by atoms with E-state index in [1.165, 1.54) is 18.5 Å². The van der Waals surface area contributed by atoms with E-state index in [2.05, 4.69) is 12.1 Å². The second-order valence-electron chi connectivity index (χ2n) is 2.99. The summed E-state index contributed by atoms with van der Waals surface area (Å²) in [6.07, 6.45) is 0. The molecule has 0 aliphatic carbocycles. The van der Waals surface area contributed by atoms with Crippen LogP contribution in [0.15, 0.2) is 54.6 Å². The van der Waals surface area contributed by atoms with E-state index in [-0.39, 0.29) is 0 Å². The summed E-state index contributed by atoms with van der Waals surface area (Å²) in [5.41, 5.74) is 8.84. The maximum atomic E-state index is 5.75. The van der Waals surface area contributed by atoms with E-state index in [9.17, 15) is 0 Å². The molecule has 2 aromatic carbocycles. The first-order chi connectivity index (χ1) is 7.36. The van der Waals surface area contributed by atoms with E-state index >= 15 is 0 Å². The zero-order valence-corrected chi connectivity index (χ0v) is 8.27. The molecule has 0 spiro atoms. The first kappa shape index (κ1) is 8.82. The van der Waals surface area contributed by atoms with Crippen molar-refractivity contribution in [3.05, 3.63) is 54.6 Å². The Morgan fingerprint density at radius 3 is 1.86 bits per heavy atom. The largest absolute Gasteiger partial charge is 0.399 e. The van der Waals surface area contributed by atoms with Gasteiger partial charge in [0.15, 0.2) is 0 Å². The summed E-state index contributed by atoms with van der Waals surface area (Å²) in [6, 6.07) is 18.2. The van der Waals surface area contributed by atoms with Gasteiger partial charge in [0.1, 0.15) is 0 Å². The maximum Gasteiger partial charge on any atom is 0.0314 e. The fourth-order valence-electron chi connectivity index (χ4n) is 1.31. The van der Waals surface area contributed by atoms with Gasteiger partial charge in [-0.25, -0.2) is 0 Å². The van der Waals surface area contributed by atoms with Crippen LogP contribution in [0.1, 0.15) is 8.77 Å². The Morgan fingerprint density at radius 1 is 0.786 bits per heavy atom. The van der Waals surface area contributed by atoms with Crippen molar-refractivity contribution in [1.82, 2.24) is 0 Å². The van der Waals surface area contributed by atoms with Crippen LogP contribution in [0.4, 0.5) is 5.69 Å². The average molecular weight is 187 g/mol. The van der Waals surface area contributed by atoms with Gasteiger partial charge in [0.05, 0.1) is 0 Å². The number of rotatable bonds is 1. The minimum absolute atomic E-state index is 0.805. The van der Waals surface area contributed by atoms with Crippen molar-refractivity contribution in [3.8, 4) is 11.1 Å². The highest BCUT2D eigenvalue weighted by atomic mass is 14.5. The minimum Gasteiger partial charge on any atom is -0.399 e. The second-order valence-corrected chi connectivity index (χ2v) is 2.99. The number of nitrogen functional groups attached to an aromatic ring is 1. The summed E-state index contributed by atoms with van der Waals surface area (Å²) < 4.78 is 5.75. The van der Waals surface area contributed by atoms with Crippen LogP contribution < -0.4 is 5.73 Å². The Hall–Kier alpha value is -1.76. The molecule has 0 bridgehead atoms. The van der Waals surface area contributed by atoms with Crippen LogP contribution in [-0.2, 0) is 0 Å². The molecule has 1 heteroatoms. The molecule has 0 saturated carbocycles. The summed E-state index contributed by atoms with van der Waals surface area (Å²) in [7, 11) is 1.25. The second kappa shape index (κ2) is 4.47. The topological polar surface area (TPSA) is 26.0 Å². The molecule has 72 valence electrons. The maximum absolute atomic E-state index is 5.75. The molecule has 0 heterocycles. The SMILES string of the molecule is Nc1ccc(-c2ccccc2)cc1.[3H]C. The predicted molar refractivity (Wildman–Crippen MR) is 63.0 cm³/mol. The van der Waals surface area contributed by atoms with E-state index in [1.54, 1.807) is 0 Å². The lowest BCUT2D eigenvalue weighted by molar-refractivity contribution is 1.61. The van der Waals surface area contributed by atoms with Gasteiger partial charge in [-0.1, -0.05) is 49.9 Å². The van der Waals surface area contributed by atoms with Gasteiger partial charge in [0, 0.05) is 7.06 Å². The van der Waals surface area contributed by atoms with Crippen molar-refractivity contribution in [2.75, 3.05) is 5.73 Å². The van der Waals surface area contributed by atoms with Gasteiger partial charge < -0.3 is 5.73 Å². The molecule has 0 amide bonds. The van der Waals surface area contributed by atoms with Crippen LogP contribution in [0, 0.1) is 0 Å². The Morgan fingerprint density at radius 2 is 1.29 bits per heavy atom. The fraction of sp³-hybridized carbons (Fsp3) is 0.0769. The number of hydrogen-bond donors (Lipinski definition) is 1. The Balaban J connectivity index is 0.000000531.